The molecular formula is C17H18F2N2O3. The highest BCUT2D eigenvalue weighted by Crippen LogP contribution is 2.38. The van der Waals surface area contributed by atoms with E-state index in [2.05, 4.69) is 5.16 Å². The molecule has 3 rings (SSSR count). The molecule has 128 valence electrons. The summed E-state index contributed by atoms with van der Waals surface area (Å²) in [5.41, 5.74) is -0.244. The number of likely N-dealkylation sites (N-methyl/N-ethyl adjacent to an activating group) is 1. The molecule has 1 saturated heterocycles. The number of hydrogen-bond acceptors (Lipinski definition) is 4. The van der Waals surface area contributed by atoms with E-state index in [1.807, 2.05) is 0 Å². The molecule has 0 atom stereocenters. The van der Waals surface area contributed by atoms with Crippen LogP contribution in [-0.4, -0.2) is 36.2 Å². The lowest BCUT2D eigenvalue weighted by atomic mass is 9.72. The van der Waals surface area contributed by atoms with Crippen LogP contribution in [0.2, 0.25) is 0 Å². The minimum atomic E-state index is -1.06. The van der Waals surface area contributed by atoms with Crippen molar-refractivity contribution in [2.75, 3.05) is 20.3 Å². The van der Waals surface area contributed by atoms with Crippen LogP contribution in [0.25, 0.3) is 0 Å². The number of benzene rings is 1. The van der Waals surface area contributed by atoms with Gasteiger partial charge in [0.2, 0.25) is 5.91 Å². The van der Waals surface area contributed by atoms with Gasteiger partial charge in [-0.15, -0.1) is 0 Å². The molecule has 2 aromatic rings. The van der Waals surface area contributed by atoms with Gasteiger partial charge < -0.3 is 14.2 Å². The summed E-state index contributed by atoms with van der Waals surface area (Å²) < 4.78 is 37.8. The van der Waals surface area contributed by atoms with Crippen LogP contribution in [0.1, 0.15) is 24.1 Å². The van der Waals surface area contributed by atoms with Crippen LogP contribution in [0.3, 0.4) is 0 Å². The maximum absolute atomic E-state index is 14.4. The summed E-state index contributed by atoms with van der Waals surface area (Å²) in [6.45, 7) is 0.946. The maximum atomic E-state index is 14.4. The average Bonchev–Trinajstić information content (AvgIpc) is 3.07. The largest absolute Gasteiger partial charge is 0.381 e. The van der Waals surface area contributed by atoms with Crippen molar-refractivity contribution in [3.63, 3.8) is 0 Å². The highest BCUT2D eigenvalue weighted by molar-refractivity contribution is 5.88. The fraction of sp³-hybridized carbons (Fsp3) is 0.412. The Kier molecular flexibility index (Phi) is 4.62. The highest BCUT2D eigenvalue weighted by atomic mass is 19.1. The fourth-order valence-electron chi connectivity index (χ4n) is 3.20. The number of halogens is 2. The number of carbonyl (C=O) groups excluding carboxylic acids is 1. The van der Waals surface area contributed by atoms with Gasteiger partial charge in [-0.05, 0) is 18.9 Å². The van der Waals surface area contributed by atoms with Crippen LogP contribution in [0.15, 0.2) is 35.1 Å². The van der Waals surface area contributed by atoms with Crippen molar-refractivity contribution in [2.24, 2.45) is 0 Å². The van der Waals surface area contributed by atoms with E-state index in [1.165, 1.54) is 23.3 Å². The number of nitrogens with zero attached hydrogens (tertiary/aromatic N) is 2. The molecule has 24 heavy (non-hydrogen) atoms. The number of amides is 1. The molecule has 1 aromatic carbocycles. The summed E-state index contributed by atoms with van der Waals surface area (Å²) in [5.74, 6) is -1.61. The number of carbonyl (C=O) groups is 1. The van der Waals surface area contributed by atoms with Gasteiger partial charge >= 0.3 is 0 Å². The molecule has 5 nitrogen and oxygen atoms in total. The van der Waals surface area contributed by atoms with E-state index in [9.17, 15) is 13.6 Å². The summed E-state index contributed by atoms with van der Waals surface area (Å²) in [6, 6.07) is 5.02. The van der Waals surface area contributed by atoms with E-state index in [0.29, 0.717) is 31.7 Å². The molecule has 1 aromatic heterocycles. The van der Waals surface area contributed by atoms with Crippen LogP contribution in [0.5, 0.6) is 0 Å². The number of rotatable bonds is 4. The minimum Gasteiger partial charge on any atom is -0.381 e. The zero-order valence-electron chi connectivity index (χ0n) is 13.3. The Morgan fingerprint density at radius 3 is 2.67 bits per heavy atom. The van der Waals surface area contributed by atoms with Gasteiger partial charge in [-0.3, -0.25) is 4.79 Å². The van der Waals surface area contributed by atoms with E-state index in [-0.39, 0.29) is 18.0 Å². The Morgan fingerprint density at radius 2 is 2.04 bits per heavy atom. The molecular weight excluding hydrogens is 318 g/mol. The van der Waals surface area contributed by atoms with E-state index >= 15 is 0 Å². The average molecular weight is 336 g/mol. The van der Waals surface area contributed by atoms with Crippen LogP contribution in [0.4, 0.5) is 8.78 Å². The maximum Gasteiger partial charge on any atom is 0.233 e. The van der Waals surface area contributed by atoms with Gasteiger partial charge in [-0.25, -0.2) is 8.78 Å². The van der Waals surface area contributed by atoms with Crippen molar-refractivity contribution < 1.29 is 22.8 Å². The molecule has 7 heteroatoms. The molecule has 1 aliphatic heterocycles. The molecule has 0 radical (unpaired) electrons. The first-order chi connectivity index (χ1) is 11.5. The second-order valence-electron chi connectivity index (χ2n) is 5.97. The zero-order chi connectivity index (χ0) is 17.2. The van der Waals surface area contributed by atoms with Gasteiger partial charge in [0.15, 0.2) is 0 Å². The molecule has 1 aliphatic rings. The van der Waals surface area contributed by atoms with E-state index in [1.54, 1.807) is 13.1 Å². The van der Waals surface area contributed by atoms with E-state index < -0.39 is 17.0 Å². The molecule has 0 spiro atoms. The van der Waals surface area contributed by atoms with Gasteiger partial charge in [-0.1, -0.05) is 11.2 Å². The summed E-state index contributed by atoms with van der Waals surface area (Å²) >= 11 is 0. The molecule has 1 amide bonds. The molecule has 0 bridgehead atoms. The van der Waals surface area contributed by atoms with Crippen LogP contribution >= 0.6 is 0 Å². The van der Waals surface area contributed by atoms with Crippen molar-refractivity contribution in [2.45, 2.75) is 24.8 Å². The summed E-state index contributed by atoms with van der Waals surface area (Å²) in [4.78, 5) is 14.6. The van der Waals surface area contributed by atoms with E-state index in [4.69, 9.17) is 9.26 Å². The zero-order valence-corrected chi connectivity index (χ0v) is 13.3. The van der Waals surface area contributed by atoms with Crippen molar-refractivity contribution in [3.05, 3.63) is 53.4 Å². The third-order valence-corrected chi connectivity index (χ3v) is 4.44. The number of hydrogen-bond donors (Lipinski definition) is 0. The van der Waals surface area contributed by atoms with Crippen molar-refractivity contribution >= 4 is 5.91 Å². The predicted molar refractivity (Wildman–Crippen MR) is 81.1 cm³/mol. The molecule has 0 aliphatic carbocycles. The topological polar surface area (TPSA) is 55.6 Å². The Hall–Kier alpha value is -2.28. The lowest BCUT2D eigenvalue weighted by Crippen LogP contribution is -2.49. The third kappa shape index (κ3) is 3.03. The van der Waals surface area contributed by atoms with Gasteiger partial charge in [0.1, 0.15) is 23.6 Å². The summed E-state index contributed by atoms with van der Waals surface area (Å²) in [6.07, 6.45) is 2.12. The van der Waals surface area contributed by atoms with Crippen LogP contribution < -0.4 is 0 Å². The first-order valence-corrected chi connectivity index (χ1v) is 7.71. The van der Waals surface area contributed by atoms with Gasteiger partial charge in [0, 0.05) is 38.0 Å². The van der Waals surface area contributed by atoms with Crippen molar-refractivity contribution in [3.8, 4) is 0 Å². The molecule has 0 N–H and O–H groups in total. The Labute approximate surface area is 138 Å². The Balaban J connectivity index is 1.94. The van der Waals surface area contributed by atoms with Crippen molar-refractivity contribution in [1.29, 1.82) is 0 Å². The minimum absolute atomic E-state index is 0.212. The normalized spacial score (nSPS) is 16.8. The van der Waals surface area contributed by atoms with Crippen LogP contribution in [-0.2, 0) is 21.5 Å². The first-order valence-electron chi connectivity index (χ1n) is 7.71. The Bertz CT molecular complexity index is 713. The fourth-order valence-corrected chi connectivity index (χ4v) is 3.20. The molecule has 0 saturated carbocycles. The quantitative estimate of drug-likeness (QED) is 0.861. The van der Waals surface area contributed by atoms with E-state index in [0.717, 1.165) is 6.07 Å². The monoisotopic (exact) mass is 336 g/mol. The van der Waals surface area contributed by atoms with Crippen LogP contribution in [0, 0.1) is 11.6 Å². The molecule has 0 unspecified atom stereocenters. The van der Waals surface area contributed by atoms with Gasteiger partial charge in [-0.2, -0.15) is 0 Å². The first kappa shape index (κ1) is 16.6. The smallest absolute Gasteiger partial charge is 0.233 e. The standard InChI is InChI=1S/C17H18F2N2O3/c1-21(11-13-4-7-24-20-13)16(22)17(5-8-23-9-6-17)14-3-2-12(18)10-15(14)19/h2-4,7,10H,5-6,8-9,11H2,1H3. The number of ether oxygens (including phenoxy) is 1. The summed E-state index contributed by atoms with van der Waals surface area (Å²) in [5, 5.41) is 3.79. The SMILES string of the molecule is CN(Cc1ccon1)C(=O)C1(c2ccc(F)cc2F)CCOCC1. The lowest BCUT2D eigenvalue weighted by molar-refractivity contribution is -0.140. The predicted octanol–water partition coefficient (Wildman–Crippen LogP) is 2.66. The second-order valence-corrected chi connectivity index (χ2v) is 5.97. The second kappa shape index (κ2) is 6.68. The van der Waals surface area contributed by atoms with Gasteiger partial charge in [0.05, 0.1) is 12.0 Å². The number of aromatic nitrogens is 1. The van der Waals surface area contributed by atoms with Gasteiger partial charge in [0.25, 0.3) is 0 Å². The third-order valence-electron chi connectivity index (χ3n) is 4.44. The molecule has 2 heterocycles. The summed E-state index contributed by atoms with van der Waals surface area (Å²) in [7, 11) is 1.63. The highest BCUT2D eigenvalue weighted by Gasteiger charge is 2.45. The van der Waals surface area contributed by atoms with Crippen molar-refractivity contribution in [1.82, 2.24) is 10.1 Å². The molecule has 1 fully saturated rings. The Morgan fingerprint density at radius 1 is 1.29 bits per heavy atom. The lowest BCUT2D eigenvalue weighted by Gasteiger charge is -2.39.